The van der Waals surface area contributed by atoms with E-state index >= 15 is 0 Å². The Bertz CT molecular complexity index is 554. The first kappa shape index (κ1) is 8.50. The molecule has 0 spiro atoms. The van der Waals surface area contributed by atoms with Crippen LogP contribution in [0.1, 0.15) is 0 Å². The maximum atomic E-state index is 11.4. The van der Waals surface area contributed by atoms with Gasteiger partial charge in [-0.15, -0.1) is 0 Å². The van der Waals surface area contributed by atoms with E-state index < -0.39 is 0 Å². The van der Waals surface area contributed by atoms with Gasteiger partial charge in [0.25, 0.3) is 5.56 Å². The minimum absolute atomic E-state index is 0.155. The second kappa shape index (κ2) is 3.33. The maximum absolute atomic E-state index is 11.4. The molecule has 4 heteroatoms. The van der Waals surface area contributed by atoms with Crippen molar-refractivity contribution in [2.75, 3.05) is 0 Å². The normalized spacial score (nSPS) is 10.0. The summed E-state index contributed by atoms with van der Waals surface area (Å²) in [6.07, 6.45) is 3.13. The summed E-state index contributed by atoms with van der Waals surface area (Å²) >= 11 is 0. The lowest BCUT2D eigenvalue weighted by molar-refractivity contribution is 0.979. The molecule has 0 atom stereocenters. The number of H-pyrrole nitrogens is 1. The van der Waals surface area contributed by atoms with E-state index in [1.54, 1.807) is 24.4 Å². The quantitative estimate of drug-likeness (QED) is 0.709. The van der Waals surface area contributed by atoms with Gasteiger partial charge < -0.3 is 4.98 Å². The Labute approximate surface area is 79.5 Å². The van der Waals surface area contributed by atoms with E-state index in [1.807, 2.05) is 0 Å². The molecule has 2 heterocycles. The molecule has 0 aliphatic carbocycles. The van der Waals surface area contributed by atoms with Gasteiger partial charge in [-0.2, -0.15) is 0 Å². The molecule has 70 valence electrons. The van der Waals surface area contributed by atoms with Gasteiger partial charge in [0, 0.05) is 24.5 Å². The zero-order valence-electron chi connectivity index (χ0n) is 7.31. The number of nitrogens with one attached hydrogen (secondary N) is 1. The average molecular weight is 188 g/mol. The van der Waals surface area contributed by atoms with E-state index in [0.29, 0.717) is 5.69 Å². The van der Waals surface area contributed by atoms with Gasteiger partial charge in [0.1, 0.15) is 0 Å². The van der Waals surface area contributed by atoms with Crippen molar-refractivity contribution in [3.05, 3.63) is 63.4 Å². The maximum Gasteiger partial charge on any atom is 0.255 e. The molecule has 1 N–H and O–H groups in total. The van der Waals surface area contributed by atoms with Gasteiger partial charge in [-0.05, 0) is 12.1 Å². The number of aromatic nitrogens is 2. The lowest BCUT2D eigenvalue weighted by atomic mass is 10.3. The minimum Gasteiger partial charge on any atom is -0.329 e. The zero-order valence-corrected chi connectivity index (χ0v) is 7.31. The van der Waals surface area contributed by atoms with Crippen LogP contribution in [0, 0.1) is 0 Å². The number of aromatic amines is 1. The van der Waals surface area contributed by atoms with Gasteiger partial charge in [0.2, 0.25) is 5.56 Å². The average Bonchev–Trinajstić information content (AvgIpc) is 2.18. The fourth-order valence-electron chi connectivity index (χ4n) is 1.22. The van der Waals surface area contributed by atoms with Gasteiger partial charge in [-0.25, -0.2) is 0 Å². The summed E-state index contributed by atoms with van der Waals surface area (Å²) in [7, 11) is 0. The van der Waals surface area contributed by atoms with Crippen molar-refractivity contribution in [2.24, 2.45) is 0 Å². The van der Waals surface area contributed by atoms with Gasteiger partial charge in [-0.3, -0.25) is 14.2 Å². The summed E-state index contributed by atoms with van der Waals surface area (Å²) in [5.74, 6) is 0. The number of rotatable bonds is 1. The van der Waals surface area contributed by atoms with Crippen molar-refractivity contribution in [1.82, 2.24) is 9.55 Å². The third-order valence-electron chi connectivity index (χ3n) is 1.86. The molecule has 14 heavy (non-hydrogen) atoms. The first-order valence-corrected chi connectivity index (χ1v) is 4.14. The van der Waals surface area contributed by atoms with E-state index in [4.69, 9.17) is 0 Å². The Hall–Kier alpha value is -2.10. The van der Waals surface area contributed by atoms with Crippen LogP contribution >= 0.6 is 0 Å². The van der Waals surface area contributed by atoms with Gasteiger partial charge in [-0.1, -0.05) is 6.07 Å². The molecule has 0 fully saturated rings. The van der Waals surface area contributed by atoms with E-state index in [-0.39, 0.29) is 11.1 Å². The standard InChI is InChI=1S/C10H8N2O2/c13-9-7-8(4-5-11-9)12-6-2-1-3-10(12)14/h1-7H,(H,11,13). The topological polar surface area (TPSA) is 54.9 Å². The third kappa shape index (κ3) is 1.50. The van der Waals surface area contributed by atoms with Gasteiger partial charge >= 0.3 is 0 Å². The molecule has 2 rings (SSSR count). The molecule has 0 bridgehead atoms. The summed E-state index contributed by atoms with van der Waals surface area (Å²) in [6.45, 7) is 0. The van der Waals surface area contributed by atoms with Gasteiger partial charge in [0.15, 0.2) is 0 Å². The lowest BCUT2D eigenvalue weighted by Crippen LogP contribution is -2.17. The van der Waals surface area contributed by atoms with Crippen molar-refractivity contribution in [3.63, 3.8) is 0 Å². The van der Waals surface area contributed by atoms with Crippen LogP contribution in [0.25, 0.3) is 5.69 Å². The van der Waals surface area contributed by atoms with Crippen LogP contribution in [-0.4, -0.2) is 9.55 Å². The summed E-state index contributed by atoms with van der Waals surface area (Å²) in [6, 6.07) is 7.89. The molecule has 0 aliphatic rings. The molecular weight excluding hydrogens is 180 g/mol. The van der Waals surface area contributed by atoms with Crippen molar-refractivity contribution in [2.45, 2.75) is 0 Å². The highest BCUT2D eigenvalue weighted by molar-refractivity contribution is 5.28. The molecule has 0 aliphatic heterocycles. The smallest absolute Gasteiger partial charge is 0.255 e. The number of hydrogen-bond donors (Lipinski definition) is 1. The molecular formula is C10H8N2O2. The second-order valence-electron chi connectivity index (χ2n) is 2.82. The summed E-state index contributed by atoms with van der Waals surface area (Å²) < 4.78 is 1.41. The summed E-state index contributed by atoms with van der Waals surface area (Å²) in [4.78, 5) is 24.9. The summed E-state index contributed by atoms with van der Waals surface area (Å²) in [5.41, 5.74) is 0.190. The van der Waals surface area contributed by atoms with E-state index in [0.717, 1.165) is 0 Å². The van der Waals surface area contributed by atoms with Crippen LogP contribution in [-0.2, 0) is 0 Å². The van der Waals surface area contributed by atoms with E-state index in [1.165, 1.54) is 22.9 Å². The Morgan fingerprint density at radius 1 is 1.14 bits per heavy atom. The number of hydrogen-bond acceptors (Lipinski definition) is 2. The molecule has 0 saturated carbocycles. The highest BCUT2D eigenvalue weighted by Gasteiger charge is 1.97. The molecule has 2 aromatic heterocycles. The Morgan fingerprint density at radius 3 is 2.71 bits per heavy atom. The number of nitrogens with zero attached hydrogens (tertiary/aromatic N) is 1. The minimum atomic E-state index is -0.224. The van der Waals surface area contributed by atoms with Crippen molar-refractivity contribution in [1.29, 1.82) is 0 Å². The molecule has 0 unspecified atom stereocenters. The SMILES string of the molecule is O=c1cc(-n2ccccc2=O)cc[nH]1. The molecule has 0 aromatic carbocycles. The van der Waals surface area contributed by atoms with Crippen LogP contribution < -0.4 is 11.1 Å². The Balaban J connectivity index is 2.67. The van der Waals surface area contributed by atoms with Crippen LogP contribution in [0.2, 0.25) is 0 Å². The largest absolute Gasteiger partial charge is 0.329 e. The fourth-order valence-corrected chi connectivity index (χ4v) is 1.22. The number of pyridine rings is 2. The zero-order chi connectivity index (χ0) is 9.97. The fraction of sp³-hybridized carbons (Fsp3) is 0. The first-order chi connectivity index (χ1) is 6.77. The highest BCUT2D eigenvalue weighted by Crippen LogP contribution is 1.98. The van der Waals surface area contributed by atoms with Crippen molar-refractivity contribution >= 4 is 0 Å². The predicted molar refractivity (Wildman–Crippen MR) is 52.7 cm³/mol. The van der Waals surface area contributed by atoms with E-state index in [2.05, 4.69) is 4.98 Å². The monoisotopic (exact) mass is 188 g/mol. The van der Waals surface area contributed by atoms with Crippen LogP contribution in [0.5, 0.6) is 0 Å². The molecule has 4 nitrogen and oxygen atoms in total. The van der Waals surface area contributed by atoms with Crippen molar-refractivity contribution in [3.8, 4) is 5.69 Å². The molecule has 2 aromatic rings. The third-order valence-corrected chi connectivity index (χ3v) is 1.86. The first-order valence-electron chi connectivity index (χ1n) is 4.14. The second-order valence-corrected chi connectivity index (χ2v) is 2.82. The van der Waals surface area contributed by atoms with Crippen LogP contribution in [0.15, 0.2) is 52.3 Å². The predicted octanol–water partition coefficient (Wildman–Crippen LogP) is 0.526. The molecule has 0 amide bonds. The molecule has 0 saturated heterocycles. The highest BCUT2D eigenvalue weighted by atomic mass is 16.1. The van der Waals surface area contributed by atoms with Crippen LogP contribution in [0.3, 0.4) is 0 Å². The lowest BCUT2D eigenvalue weighted by Gasteiger charge is -2.02. The van der Waals surface area contributed by atoms with E-state index in [9.17, 15) is 9.59 Å². The molecule has 0 radical (unpaired) electrons. The summed E-state index contributed by atoms with van der Waals surface area (Å²) in [5, 5.41) is 0. The van der Waals surface area contributed by atoms with Gasteiger partial charge in [0.05, 0.1) is 5.69 Å². The Morgan fingerprint density at radius 2 is 2.00 bits per heavy atom. The Kier molecular flexibility index (Phi) is 2.02. The van der Waals surface area contributed by atoms with Crippen LogP contribution in [0.4, 0.5) is 0 Å². The van der Waals surface area contributed by atoms with Crippen molar-refractivity contribution < 1.29 is 0 Å².